The minimum Gasteiger partial charge on any atom is -0.396 e. The zero-order valence-electron chi connectivity index (χ0n) is 12.1. The molecule has 6 heteroatoms. The third-order valence-corrected chi connectivity index (χ3v) is 6.43. The monoisotopic (exact) mass is 296 g/mol. The molecule has 3 N–H and O–H groups in total. The fourth-order valence-electron chi connectivity index (χ4n) is 5.02. The molecule has 0 aromatic heterocycles. The highest BCUT2D eigenvalue weighted by Crippen LogP contribution is 2.70. The Morgan fingerprint density at radius 3 is 2.67 bits per heavy atom. The van der Waals surface area contributed by atoms with E-state index >= 15 is 0 Å². The number of hydrogen-bond acceptors (Lipinski definition) is 6. The van der Waals surface area contributed by atoms with E-state index in [1.54, 1.807) is 13.0 Å². The van der Waals surface area contributed by atoms with Crippen molar-refractivity contribution in [2.75, 3.05) is 13.2 Å². The normalized spacial score (nSPS) is 58.1. The van der Waals surface area contributed by atoms with Gasteiger partial charge in [0.05, 0.1) is 30.8 Å². The predicted octanol–water partition coefficient (Wildman–Crippen LogP) is -0.838. The molecule has 2 saturated heterocycles. The van der Waals surface area contributed by atoms with E-state index in [4.69, 9.17) is 9.47 Å². The van der Waals surface area contributed by atoms with Crippen LogP contribution in [0.1, 0.15) is 20.3 Å². The molecule has 2 bridgehead atoms. The Hall–Kier alpha value is -0.790. The smallest absolute Gasteiger partial charge is 0.187 e. The summed E-state index contributed by atoms with van der Waals surface area (Å²) < 4.78 is 11.6. The van der Waals surface area contributed by atoms with Gasteiger partial charge in [-0.2, -0.15) is 0 Å². The van der Waals surface area contributed by atoms with Crippen molar-refractivity contribution in [3.63, 3.8) is 0 Å². The molecule has 1 saturated carbocycles. The molecule has 3 fully saturated rings. The maximum atomic E-state index is 12.3. The van der Waals surface area contributed by atoms with Crippen LogP contribution in [0.5, 0.6) is 0 Å². The van der Waals surface area contributed by atoms with Gasteiger partial charge in [0.2, 0.25) is 0 Å². The SMILES string of the molecule is CC1=C[C@H]2O[C@@H]3[C@@H](O)C[C@@](C)([C@]34CO4)[C@@]2(CO)C(O)C1=O. The summed E-state index contributed by atoms with van der Waals surface area (Å²) in [6.45, 7) is 3.55. The van der Waals surface area contributed by atoms with Crippen molar-refractivity contribution in [3.05, 3.63) is 11.6 Å². The molecule has 1 unspecified atom stereocenters. The van der Waals surface area contributed by atoms with Crippen molar-refractivity contribution < 1.29 is 29.6 Å². The summed E-state index contributed by atoms with van der Waals surface area (Å²) in [6, 6.07) is 0. The number of epoxide rings is 1. The Morgan fingerprint density at radius 2 is 2.10 bits per heavy atom. The second-order valence-electron chi connectivity index (χ2n) is 7.07. The molecule has 2 aliphatic heterocycles. The van der Waals surface area contributed by atoms with Crippen LogP contribution >= 0.6 is 0 Å². The average Bonchev–Trinajstić information content (AvgIpc) is 3.20. The topological polar surface area (TPSA) is 99.5 Å². The first kappa shape index (κ1) is 13.8. The fraction of sp³-hybridized carbons (Fsp3) is 0.800. The summed E-state index contributed by atoms with van der Waals surface area (Å²) in [7, 11) is 0. The number of hydrogen-bond donors (Lipinski definition) is 3. The summed E-state index contributed by atoms with van der Waals surface area (Å²) >= 11 is 0. The first-order valence-electron chi connectivity index (χ1n) is 7.33. The van der Waals surface area contributed by atoms with Gasteiger partial charge in [-0.25, -0.2) is 0 Å². The maximum absolute atomic E-state index is 12.3. The number of aliphatic hydroxyl groups is 3. The predicted molar refractivity (Wildman–Crippen MR) is 70.4 cm³/mol. The molecule has 4 aliphatic rings. The van der Waals surface area contributed by atoms with Crippen LogP contribution in [0.3, 0.4) is 0 Å². The lowest BCUT2D eigenvalue weighted by Gasteiger charge is -2.58. The molecule has 0 aromatic rings. The second kappa shape index (κ2) is 3.75. The minimum atomic E-state index is -1.35. The number of ketones is 1. The third-order valence-electron chi connectivity index (χ3n) is 6.43. The molecule has 1 spiro atoms. The van der Waals surface area contributed by atoms with Crippen LogP contribution in [-0.4, -0.2) is 64.3 Å². The number of carbonyl (C=O) groups excluding carboxylic acids is 1. The van der Waals surface area contributed by atoms with Crippen molar-refractivity contribution in [2.45, 2.75) is 50.3 Å². The molecule has 2 heterocycles. The van der Waals surface area contributed by atoms with E-state index in [0.29, 0.717) is 18.6 Å². The van der Waals surface area contributed by atoms with Gasteiger partial charge in [0, 0.05) is 5.41 Å². The first-order valence-corrected chi connectivity index (χ1v) is 7.33. The zero-order valence-corrected chi connectivity index (χ0v) is 12.1. The summed E-state index contributed by atoms with van der Waals surface area (Å²) in [6.07, 6.45) is -1.14. The van der Waals surface area contributed by atoms with E-state index in [1.807, 2.05) is 6.92 Å². The highest BCUT2D eigenvalue weighted by molar-refractivity contribution is 6.00. The fourth-order valence-corrected chi connectivity index (χ4v) is 5.02. The van der Waals surface area contributed by atoms with Gasteiger partial charge < -0.3 is 24.8 Å². The molecule has 0 aromatic carbocycles. The van der Waals surface area contributed by atoms with Gasteiger partial charge in [-0.1, -0.05) is 6.92 Å². The number of ether oxygens (including phenoxy) is 2. The van der Waals surface area contributed by atoms with E-state index in [0.717, 1.165) is 0 Å². The van der Waals surface area contributed by atoms with Crippen molar-refractivity contribution >= 4 is 5.78 Å². The quantitative estimate of drug-likeness (QED) is 0.546. The summed E-state index contributed by atoms with van der Waals surface area (Å²) in [5.41, 5.74) is -2.16. The third kappa shape index (κ3) is 1.22. The largest absolute Gasteiger partial charge is 0.396 e. The van der Waals surface area contributed by atoms with Crippen LogP contribution in [0, 0.1) is 10.8 Å². The van der Waals surface area contributed by atoms with Crippen molar-refractivity contribution in [2.24, 2.45) is 10.8 Å². The molecule has 4 rings (SSSR count). The minimum absolute atomic E-state index is 0.339. The molecule has 0 radical (unpaired) electrons. The van der Waals surface area contributed by atoms with Crippen LogP contribution in [-0.2, 0) is 14.3 Å². The molecule has 7 atom stereocenters. The number of fused-ring (bicyclic) bond motifs is 2. The molecule has 21 heavy (non-hydrogen) atoms. The van der Waals surface area contributed by atoms with Gasteiger partial charge in [-0.05, 0) is 25.0 Å². The zero-order chi connectivity index (χ0) is 15.2. The van der Waals surface area contributed by atoms with Gasteiger partial charge in [0.25, 0.3) is 0 Å². The van der Waals surface area contributed by atoms with E-state index in [-0.39, 0.29) is 5.78 Å². The molecular formula is C15H20O6. The molecule has 0 amide bonds. The number of aliphatic hydroxyl groups excluding tert-OH is 3. The van der Waals surface area contributed by atoms with Crippen molar-refractivity contribution in [3.8, 4) is 0 Å². The second-order valence-corrected chi connectivity index (χ2v) is 7.07. The van der Waals surface area contributed by atoms with Crippen LogP contribution in [0.15, 0.2) is 11.6 Å². The summed E-state index contributed by atoms with van der Waals surface area (Å²) in [5.74, 6) is -0.388. The number of rotatable bonds is 1. The van der Waals surface area contributed by atoms with Gasteiger partial charge in [0.1, 0.15) is 17.8 Å². The molecule has 116 valence electrons. The highest BCUT2D eigenvalue weighted by Gasteiger charge is 2.83. The van der Waals surface area contributed by atoms with Crippen LogP contribution in [0.25, 0.3) is 0 Å². The Morgan fingerprint density at radius 1 is 1.43 bits per heavy atom. The Balaban J connectivity index is 1.95. The molecule has 2 aliphatic carbocycles. The Kier molecular flexibility index (Phi) is 2.47. The summed E-state index contributed by atoms with van der Waals surface area (Å²) in [4.78, 5) is 12.3. The summed E-state index contributed by atoms with van der Waals surface area (Å²) in [5, 5.41) is 31.1. The standard InChI is InChI=1S/C15H20O6/c1-7-3-9-14(5-16,11(19)10(7)18)13(2)4-8(17)12(21-9)15(13)6-20-15/h3,8-9,11-12,16-17,19H,4-6H2,1-2H3/t8-,9+,11?,12+,13+,14+,15-/m0/s1. The van der Waals surface area contributed by atoms with Crippen molar-refractivity contribution in [1.29, 1.82) is 0 Å². The lowest BCUT2D eigenvalue weighted by molar-refractivity contribution is -0.244. The van der Waals surface area contributed by atoms with Crippen LogP contribution < -0.4 is 0 Å². The molecule has 6 nitrogen and oxygen atoms in total. The van der Waals surface area contributed by atoms with Gasteiger partial charge in [0.15, 0.2) is 5.78 Å². The van der Waals surface area contributed by atoms with Gasteiger partial charge in [-0.3, -0.25) is 4.79 Å². The first-order chi connectivity index (χ1) is 9.84. The lowest BCUT2D eigenvalue weighted by atomic mass is 9.50. The van der Waals surface area contributed by atoms with E-state index < -0.39 is 47.5 Å². The van der Waals surface area contributed by atoms with E-state index in [9.17, 15) is 20.1 Å². The maximum Gasteiger partial charge on any atom is 0.187 e. The number of Topliss-reactive ketones (excluding diaryl/α,β-unsaturated/α-hetero) is 1. The Bertz CT molecular complexity index is 552. The highest BCUT2D eigenvalue weighted by atomic mass is 16.6. The van der Waals surface area contributed by atoms with Gasteiger partial charge >= 0.3 is 0 Å². The van der Waals surface area contributed by atoms with E-state index in [2.05, 4.69) is 0 Å². The van der Waals surface area contributed by atoms with E-state index in [1.165, 1.54) is 0 Å². The van der Waals surface area contributed by atoms with Gasteiger partial charge in [-0.15, -0.1) is 0 Å². The van der Waals surface area contributed by atoms with Crippen molar-refractivity contribution in [1.82, 2.24) is 0 Å². The Labute approximate surface area is 122 Å². The number of carbonyl (C=O) groups is 1. The molecular weight excluding hydrogens is 276 g/mol. The average molecular weight is 296 g/mol. The lowest BCUT2D eigenvalue weighted by Crippen LogP contribution is -2.70. The van der Waals surface area contributed by atoms with Crippen LogP contribution in [0.4, 0.5) is 0 Å². The van der Waals surface area contributed by atoms with Crippen LogP contribution in [0.2, 0.25) is 0 Å².